The minimum atomic E-state index is 0. The van der Waals surface area contributed by atoms with Crippen LogP contribution < -0.4 is 15.2 Å². The lowest BCUT2D eigenvalue weighted by atomic mass is 9.99. The summed E-state index contributed by atoms with van der Waals surface area (Å²) >= 11 is 0. The summed E-state index contributed by atoms with van der Waals surface area (Å²) in [5.41, 5.74) is 5.90. The number of benzene rings is 1. The highest BCUT2D eigenvalue weighted by Gasteiger charge is 2.27. The number of likely N-dealkylation sites (tertiary alicyclic amines) is 1. The molecule has 0 aromatic heterocycles. The van der Waals surface area contributed by atoms with Gasteiger partial charge in [-0.25, -0.2) is 0 Å². The van der Waals surface area contributed by atoms with Gasteiger partial charge in [-0.1, -0.05) is 12.1 Å². The van der Waals surface area contributed by atoms with Crippen molar-refractivity contribution in [3.8, 4) is 11.5 Å². The SMILES string of the molecule is CCOc1ccccc1OCCN1CCC(OC)CC1CN.Cl. The van der Waals surface area contributed by atoms with E-state index in [1.165, 1.54) is 0 Å². The zero-order valence-electron chi connectivity index (χ0n) is 14.1. The van der Waals surface area contributed by atoms with E-state index >= 15 is 0 Å². The van der Waals surface area contributed by atoms with Gasteiger partial charge in [0, 0.05) is 32.8 Å². The molecule has 1 heterocycles. The second-order valence-corrected chi connectivity index (χ2v) is 5.54. The Morgan fingerprint density at radius 2 is 1.91 bits per heavy atom. The third kappa shape index (κ3) is 5.84. The number of piperidine rings is 1. The van der Waals surface area contributed by atoms with Crippen molar-refractivity contribution >= 4 is 12.4 Å². The van der Waals surface area contributed by atoms with Gasteiger partial charge in [-0.2, -0.15) is 0 Å². The summed E-state index contributed by atoms with van der Waals surface area (Å²) in [6.45, 7) is 5.80. The van der Waals surface area contributed by atoms with Gasteiger partial charge in [-0.3, -0.25) is 4.90 Å². The van der Waals surface area contributed by atoms with E-state index in [1.54, 1.807) is 7.11 Å². The second-order valence-electron chi connectivity index (χ2n) is 5.54. The fourth-order valence-corrected chi connectivity index (χ4v) is 2.93. The predicted octanol–water partition coefficient (Wildman–Crippen LogP) is 2.32. The molecule has 1 aromatic carbocycles. The van der Waals surface area contributed by atoms with Crippen molar-refractivity contribution in [2.75, 3.05) is 40.0 Å². The van der Waals surface area contributed by atoms with Crippen molar-refractivity contribution in [2.24, 2.45) is 5.73 Å². The normalized spacial score (nSPS) is 21.5. The molecule has 1 fully saturated rings. The number of hydrogen-bond donors (Lipinski definition) is 1. The van der Waals surface area contributed by atoms with Gasteiger partial charge in [0.05, 0.1) is 12.7 Å². The summed E-state index contributed by atoms with van der Waals surface area (Å²) < 4.78 is 16.9. The molecule has 0 bridgehead atoms. The van der Waals surface area contributed by atoms with Gasteiger partial charge in [0.1, 0.15) is 6.61 Å². The molecule has 2 rings (SSSR count). The predicted molar refractivity (Wildman–Crippen MR) is 94.8 cm³/mol. The van der Waals surface area contributed by atoms with Crippen LogP contribution in [-0.2, 0) is 4.74 Å². The van der Waals surface area contributed by atoms with Crippen molar-refractivity contribution in [2.45, 2.75) is 31.9 Å². The topological polar surface area (TPSA) is 57.0 Å². The summed E-state index contributed by atoms with van der Waals surface area (Å²) in [7, 11) is 1.78. The first-order valence-electron chi connectivity index (χ1n) is 8.10. The first kappa shape index (κ1) is 20.0. The number of halogens is 1. The molecule has 1 aromatic rings. The average Bonchev–Trinajstić information content (AvgIpc) is 2.57. The van der Waals surface area contributed by atoms with Gasteiger partial charge in [0.15, 0.2) is 11.5 Å². The Hall–Kier alpha value is -1.01. The molecule has 23 heavy (non-hydrogen) atoms. The fraction of sp³-hybridized carbons (Fsp3) is 0.647. The van der Waals surface area contributed by atoms with Crippen LogP contribution in [0.2, 0.25) is 0 Å². The highest BCUT2D eigenvalue weighted by atomic mass is 35.5. The van der Waals surface area contributed by atoms with Gasteiger partial charge in [-0.15, -0.1) is 12.4 Å². The van der Waals surface area contributed by atoms with E-state index in [-0.39, 0.29) is 12.4 Å². The van der Waals surface area contributed by atoms with Gasteiger partial charge in [0.25, 0.3) is 0 Å². The van der Waals surface area contributed by atoms with E-state index in [1.807, 2.05) is 31.2 Å². The minimum absolute atomic E-state index is 0. The molecule has 0 radical (unpaired) electrons. The van der Waals surface area contributed by atoms with Gasteiger partial charge in [-0.05, 0) is 31.9 Å². The monoisotopic (exact) mass is 344 g/mol. The van der Waals surface area contributed by atoms with E-state index in [4.69, 9.17) is 19.9 Å². The Labute approximate surface area is 145 Å². The van der Waals surface area contributed by atoms with Gasteiger partial charge in [0.2, 0.25) is 0 Å². The quantitative estimate of drug-likeness (QED) is 0.784. The minimum Gasteiger partial charge on any atom is -0.490 e. The molecule has 1 saturated heterocycles. The maximum absolute atomic E-state index is 5.90. The number of hydrogen-bond acceptors (Lipinski definition) is 5. The Kier molecular flexibility index (Phi) is 9.33. The summed E-state index contributed by atoms with van der Waals surface area (Å²) in [6, 6.07) is 8.18. The van der Waals surface area contributed by atoms with E-state index in [0.29, 0.717) is 31.9 Å². The molecule has 5 nitrogen and oxygen atoms in total. The van der Waals surface area contributed by atoms with Crippen molar-refractivity contribution in [1.82, 2.24) is 4.90 Å². The van der Waals surface area contributed by atoms with Crippen molar-refractivity contribution < 1.29 is 14.2 Å². The lowest BCUT2D eigenvalue weighted by Gasteiger charge is -2.38. The van der Waals surface area contributed by atoms with Crippen molar-refractivity contribution in [3.63, 3.8) is 0 Å². The molecule has 0 spiro atoms. The molecule has 2 N–H and O–H groups in total. The maximum Gasteiger partial charge on any atom is 0.161 e. The van der Waals surface area contributed by atoms with Crippen LogP contribution in [0.15, 0.2) is 24.3 Å². The highest BCUT2D eigenvalue weighted by Crippen LogP contribution is 2.26. The molecule has 2 unspecified atom stereocenters. The zero-order valence-corrected chi connectivity index (χ0v) is 14.9. The summed E-state index contributed by atoms with van der Waals surface area (Å²) in [6.07, 6.45) is 2.40. The third-order valence-electron chi connectivity index (χ3n) is 4.18. The van der Waals surface area contributed by atoms with Crippen LogP contribution in [0.3, 0.4) is 0 Å². The maximum atomic E-state index is 5.90. The molecule has 0 saturated carbocycles. The van der Waals surface area contributed by atoms with E-state index in [2.05, 4.69) is 4.90 Å². The standard InChI is InChI=1S/C17H28N2O3.ClH/c1-3-21-16-6-4-5-7-17(16)22-11-10-19-9-8-15(20-2)12-14(19)13-18;/h4-7,14-15H,3,8-13,18H2,1-2H3;1H. The Balaban J connectivity index is 0.00000264. The number of rotatable bonds is 8. The van der Waals surface area contributed by atoms with Crippen LogP contribution in [0.1, 0.15) is 19.8 Å². The van der Waals surface area contributed by atoms with Crippen molar-refractivity contribution in [3.05, 3.63) is 24.3 Å². The molecule has 132 valence electrons. The van der Waals surface area contributed by atoms with Crippen LogP contribution >= 0.6 is 12.4 Å². The molecule has 6 heteroatoms. The largest absolute Gasteiger partial charge is 0.490 e. The highest BCUT2D eigenvalue weighted by molar-refractivity contribution is 5.85. The lowest BCUT2D eigenvalue weighted by Crippen LogP contribution is -2.49. The lowest BCUT2D eigenvalue weighted by molar-refractivity contribution is 0.00912. The molecule has 0 aliphatic carbocycles. The average molecular weight is 345 g/mol. The van der Waals surface area contributed by atoms with E-state index < -0.39 is 0 Å². The summed E-state index contributed by atoms with van der Waals surface area (Å²) in [4.78, 5) is 2.40. The number of nitrogens with two attached hydrogens (primary N) is 1. The smallest absolute Gasteiger partial charge is 0.161 e. The number of ether oxygens (including phenoxy) is 3. The number of nitrogens with zero attached hydrogens (tertiary/aromatic N) is 1. The Bertz CT molecular complexity index is 448. The first-order chi connectivity index (χ1) is 10.8. The first-order valence-corrected chi connectivity index (χ1v) is 8.10. The summed E-state index contributed by atoms with van der Waals surface area (Å²) in [5, 5.41) is 0. The molecule has 1 aliphatic rings. The van der Waals surface area contributed by atoms with Crippen LogP contribution in [0.5, 0.6) is 11.5 Å². The van der Waals surface area contributed by atoms with Crippen LogP contribution in [0.25, 0.3) is 0 Å². The van der Waals surface area contributed by atoms with Gasteiger partial charge >= 0.3 is 0 Å². The Morgan fingerprint density at radius 1 is 1.22 bits per heavy atom. The molecule has 2 atom stereocenters. The number of methoxy groups -OCH3 is 1. The molecular formula is C17H29ClN2O3. The third-order valence-corrected chi connectivity index (χ3v) is 4.18. The van der Waals surface area contributed by atoms with Crippen LogP contribution in [0, 0.1) is 0 Å². The molecule has 1 aliphatic heterocycles. The number of para-hydroxylation sites is 2. The van der Waals surface area contributed by atoms with Gasteiger partial charge < -0.3 is 19.9 Å². The fourth-order valence-electron chi connectivity index (χ4n) is 2.93. The van der Waals surface area contributed by atoms with Crippen LogP contribution in [0.4, 0.5) is 0 Å². The molecular weight excluding hydrogens is 316 g/mol. The zero-order chi connectivity index (χ0) is 15.8. The van der Waals surface area contributed by atoms with Crippen molar-refractivity contribution in [1.29, 1.82) is 0 Å². The molecule has 0 amide bonds. The Morgan fingerprint density at radius 3 is 2.52 bits per heavy atom. The second kappa shape index (κ2) is 10.7. The van der Waals surface area contributed by atoms with E-state index in [0.717, 1.165) is 37.4 Å². The van der Waals surface area contributed by atoms with Crippen LogP contribution in [-0.4, -0.2) is 57.0 Å². The van der Waals surface area contributed by atoms with E-state index in [9.17, 15) is 0 Å². The summed E-state index contributed by atoms with van der Waals surface area (Å²) in [5.74, 6) is 1.61.